The molecule has 0 saturated carbocycles. The quantitative estimate of drug-likeness (QED) is 0.467. The fraction of sp³-hybridized carbons (Fsp3) is 0.0909. The van der Waals surface area contributed by atoms with E-state index in [-0.39, 0.29) is 0 Å². The number of rotatable bonds is 6. The van der Waals surface area contributed by atoms with Crippen LogP contribution in [-0.4, -0.2) is 19.0 Å². The third-order valence-electron chi connectivity index (χ3n) is 3.98. The van der Waals surface area contributed by atoms with Gasteiger partial charge in [0.25, 0.3) is 5.91 Å². The number of carbonyl (C=O) groups excluding carboxylic acids is 2. The van der Waals surface area contributed by atoms with Gasteiger partial charge in [-0.25, -0.2) is 10.3 Å². The Morgan fingerprint density at radius 2 is 1.69 bits per heavy atom. The Hall–Kier alpha value is -4.00. The van der Waals surface area contributed by atoms with Gasteiger partial charge in [0.05, 0.1) is 29.6 Å². The van der Waals surface area contributed by atoms with Gasteiger partial charge in [-0.2, -0.15) is 0 Å². The molecule has 0 spiro atoms. The predicted molar refractivity (Wildman–Crippen MR) is 108 cm³/mol. The summed E-state index contributed by atoms with van der Waals surface area (Å²) in [4.78, 5) is 29.3. The number of para-hydroxylation sites is 1. The van der Waals surface area contributed by atoms with Crippen LogP contribution in [0.3, 0.4) is 0 Å². The highest BCUT2D eigenvalue weighted by Gasteiger charge is 2.10. The molecule has 0 saturated heterocycles. The first-order chi connectivity index (χ1) is 14.1. The lowest BCUT2D eigenvalue weighted by atomic mass is 10.1. The summed E-state index contributed by atoms with van der Waals surface area (Å²) in [6, 6.07) is 20.5. The molecule has 3 rings (SSSR count). The topological polar surface area (TPSA) is 89.3 Å². The fourth-order valence-corrected chi connectivity index (χ4v) is 2.51. The van der Waals surface area contributed by atoms with Crippen molar-refractivity contribution >= 4 is 23.3 Å². The second-order valence-electron chi connectivity index (χ2n) is 6.11. The Morgan fingerprint density at radius 3 is 2.41 bits per heavy atom. The molecule has 0 aromatic heterocycles. The number of anilines is 1. The highest BCUT2D eigenvalue weighted by Crippen LogP contribution is 2.21. The molecule has 3 aromatic rings. The van der Waals surface area contributed by atoms with Gasteiger partial charge in [-0.05, 0) is 55.5 Å². The van der Waals surface area contributed by atoms with Crippen LogP contribution in [0, 0.1) is 6.92 Å². The minimum absolute atomic E-state index is 0.333. The van der Waals surface area contributed by atoms with Gasteiger partial charge >= 0.3 is 5.97 Å². The van der Waals surface area contributed by atoms with Crippen molar-refractivity contribution in [3.05, 3.63) is 89.5 Å². The third kappa shape index (κ3) is 5.26. The lowest BCUT2D eigenvalue weighted by molar-refractivity contribution is 0.0596. The summed E-state index contributed by atoms with van der Waals surface area (Å²) >= 11 is 0. The lowest BCUT2D eigenvalue weighted by Crippen LogP contribution is -2.10. The summed E-state index contributed by atoms with van der Waals surface area (Å²) in [5.74, 6) is -0.553. The largest absolute Gasteiger partial charge is 0.496 e. The predicted octanol–water partition coefficient (Wildman–Crippen LogP) is 5.11. The number of ether oxygens (including phenoxy) is 1. The number of hydrogen-bond acceptors (Lipinski definition) is 6. The average Bonchev–Trinajstić information content (AvgIpc) is 2.76. The molecule has 0 aliphatic heterocycles. The van der Waals surface area contributed by atoms with E-state index in [1.165, 1.54) is 7.11 Å². The van der Waals surface area contributed by atoms with E-state index in [9.17, 15) is 9.59 Å². The Bertz CT molecular complexity index is 1050. The van der Waals surface area contributed by atoms with Crippen LogP contribution in [0.25, 0.3) is 0 Å². The van der Waals surface area contributed by atoms with Crippen LogP contribution in [-0.2, 0) is 4.84 Å². The molecule has 0 fully saturated rings. The van der Waals surface area contributed by atoms with Gasteiger partial charge in [-0.3, -0.25) is 4.79 Å². The maximum absolute atomic E-state index is 12.2. The van der Waals surface area contributed by atoms with Gasteiger partial charge in [0.2, 0.25) is 0 Å². The summed E-state index contributed by atoms with van der Waals surface area (Å²) in [6.07, 6.45) is 0. The molecular formula is C22H19N3O4. The molecule has 7 nitrogen and oxygen atoms in total. The van der Waals surface area contributed by atoms with E-state index in [1.807, 2.05) is 13.0 Å². The van der Waals surface area contributed by atoms with Crippen LogP contribution in [0.4, 0.5) is 11.4 Å². The molecule has 0 aliphatic rings. The smallest absolute Gasteiger partial charge is 0.362 e. The Morgan fingerprint density at radius 1 is 0.931 bits per heavy atom. The number of nitrogens with one attached hydrogen (secondary N) is 1. The molecule has 0 radical (unpaired) electrons. The van der Waals surface area contributed by atoms with Crippen LogP contribution in [0.5, 0.6) is 5.75 Å². The number of amides is 1. The summed E-state index contributed by atoms with van der Waals surface area (Å²) in [7, 11) is 1.49. The molecule has 3 aromatic carbocycles. The van der Waals surface area contributed by atoms with Gasteiger partial charge in [0.15, 0.2) is 0 Å². The molecule has 1 N–H and O–H groups in total. The zero-order valence-corrected chi connectivity index (χ0v) is 16.0. The fourth-order valence-electron chi connectivity index (χ4n) is 2.51. The summed E-state index contributed by atoms with van der Waals surface area (Å²) in [5.41, 5.74) is 5.38. The zero-order chi connectivity index (χ0) is 20.6. The normalized spacial score (nSPS) is 10.6. The van der Waals surface area contributed by atoms with Crippen molar-refractivity contribution in [1.82, 2.24) is 0 Å². The summed E-state index contributed by atoms with van der Waals surface area (Å²) in [6.45, 7) is 1.90. The number of azo groups is 1. The first kappa shape index (κ1) is 19.8. The summed E-state index contributed by atoms with van der Waals surface area (Å²) in [5, 5.41) is 7.66. The molecular weight excluding hydrogens is 370 g/mol. The van der Waals surface area contributed by atoms with E-state index in [0.717, 1.165) is 5.56 Å². The van der Waals surface area contributed by atoms with E-state index in [2.05, 4.69) is 15.7 Å². The van der Waals surface area contributed by atoms with E-state index < -0.39 is 11.9 Å². The molecule has 7 heteroatoms. The highest BCUT2D eigenvalue weighted by atomic mass is 16.7. The van der Waals surface area contributed by atoms with Gasteiger partial charge in [-0.1, -0.05) is 29.8 Å². The van der Waals surface area contributed by atoms with Crippen LogP contribution in [0.15, 0.2) is 83.0 Å². The average molecular weight is 389 g/mol. The second kappa shape index (κ2) is 9.27. The number of benzene rings is 3. The van der Waals surface area contributed by atoms with Crippen LogP contribution in [0.2, 0.25) is 0 Å². The summed E-state index contributed by atoms with van der Waals surface area (Å²) < 4.78 is 5.15. The second-order valence-corrected chi connectivity index (χ2v) is 6.11. The van der Waals surface area contributed by atoms with Gasteiger partial charge in [0.1, 0.15) is 5.75 Å². The minimum atomic E-state index is -0.503. The van der Waals surface area contributed by atoms with Crippen molar-refractivity contribution in [2.45, 2.75) is 6.92 Å². The molecule has 0 bridgehead atoms. The third-order valence-corrected chi connectivity index (χ3v) is 3.98. The van der Waals surface area contributed by atoms with E-state index in [0.29, 0.717) is 28.3 Å². The molecule has 0 heterocycles. The van der Waals surface area contributed by atoms with E-state index >= 15 is 0 Å². The van der Waals surface area contributed by atoms with Crippen molar-refractivity contribution in [2.75, 3.05) is 12.6 Å². The molecule has 146 valence electrons. The van der Waals surface area contributed by atoms with Crippen molar-refractivity contribution in [3.63, 3.8) is 0 Å². The number of methoxy groups -OCH3 is 1. The van der Waals surface area contributed by atoms with E-state index in [4.69, 9.17) is 9.57 Å². The zero-order valence-electron chi connectivity index (χ0n) is 16.0. The van der Waals surface area contributed by atoms with Gasteiger partial charge in [0, 0.05) is 0 Å². The first-order valence-corrected chi connectivity index (χ1v) is 8.80. The Labute approximate surface area is 168 Å². The molecule has 29 heavy (non-hydrogen) atoms. The molecule has 0 unspecified atom stereocenters. The van der Waals surface area contributed by atoms with Crippen molar-refractivity contribution < 1.29 is 19.2 Å². The Balaban J connectivity index is 1.59. The molecule has 0 aliphatic carbocycles. The first-order valence-electron chi connectivity index (χ1n) is 8.80. The van der Waals surface area contributed by atoms with Gasteiger partial charge < -0.3 is 9.57 Å². The minimum Gasteiger partial charge on any atom is -0.496 e. The van der Waals surface area contributed by atoms with Crippen molar-refractivity contribution in [2.24, 2.45) is 10.2 Å². The van der Waals surface area contributed by atoms with E-state index in [1.54, 1.807) is 66.7 Å². The number of nitrogens with zero attached hydrogens (tertiary/aromatic N) is 2. The maximum atomic E-state index is 12.2. The highest BCUT2D eigenvalue weighted by molar-refractivity contribution is 5.97. The maximum Gasteiger partial charge on any atom is 0.362 e. The lowest BCUT2D eigenvalue weighted by Gasteiger charge is -2.07. The molecule has 0 atom stereocenters. The number of carbonyl (C=O) groups is 2. The van der Waals surface area contributed by atoms with Crippen molar-refractivity contribution in [3.8, 4) is 5.75 Å². The SMILES string of the molecule is COc1ccccc1C(=O)N=Nc1ccc(NOC(=O)c2cccc(C)c2)cc1. The number of aryl methyl sites for hydroxylation is 1. The Kier molecular flexibility index (Phi) is 6.32. The van der Waals surface area contributed by atoms with Crippen molar-refractivity contribution in [1.29, 1.82) is 0 Å². The van der Waals surface area contributed by atoms with Crippen LogP contribution in [0.1, 0.15) is 26.3 Å². The molecule has 1 amide bonds. The monoisotopic (exact) mass is 389 g/mol. The number of hydrogen-bond donors (Lipinski definition) is 1. The standard InChI is InChI=1S/C22H19N3O4/c1-15-6-5-7-16(14-15)22(27)29-25-18-12-10-17(11-13-18)23-24-21(26)19-8-3-4-9-20(19)28-2/h3-14,25H,1-2H3. The van der Waals surface area contributed by atoms with Gasteiger partial charge in [-0.15, -0.1) is 10.2 Å². The van der Waals surface area contributed by atoms with Crippen LogP contribution >= 0.6 is 0 Å². The van der Waals surface area contributed by atoms with Crippen LogP contribution < -0.4 is 10.2 Å².